The maximum absolute atomic E-state index is 10.9. The first kappa shape index (κ1) is 13.8. The van der Waals surface area contributed by atoms with Gasteiger partial charge in [-0.25, -0.2) is 0 Å². The summed E-state index contributed by atoms with van der Waals surface area (Å²) in [4.78, 5) is 15.9. The zero-order chi connectivity index (χ0) is 13.2. The van der Waals surface area contributed by atoms with Crippen LogP contribution < -0.4 is 0 Å². The van der Waals surface area contributed by atoms with Crippen molar-refractivity contribution < 1.29 is 9.90 Å². The monoisotopic (exact) mass is 254 g/mol. The molecule has 1 aliphatic heterocycles. The normalized spacial score (nSPS) is 25.9. The largest absolute Gasteiger partial charge is 0.481 e. The van der Waals surface area contributed by atoms with Crippen LogP contribution in [0.1, 0.15) is 39.5 Å². The number of rotatable bonds is 6. The highest BCUT2D eigenvalue weighted by atomic mass is 16.4. The Balaban J connectivity index is 1.75. The van der Waals surface area contributed by atoms with Gasteiger partial charge in [0.25, 0.3) is 0 Å². The van der Waals surface area contributed by atoms with Gasteiger partial charge in [-0.3, -0.25) is 9.69 Å². The Morgan fingerprint density at radius 1 is 1.28 bits per heavy atom. The predicted octanol–water partition coefficient (Wildman–Crippen LogP) is 1.66. The van der Waals surface area contributed by atoms with Crippen molar-refractivity contribution in [1.82, 2.24) is 9.80 Å². The van der Waals surface area contributed by atoms with Crippen molar-refractivity contribution in [3.05, 3.63) is 0 Å². The zero-order valence-electron chi connectivity index (χ0n) is 11.7. The molecule has 2 fully saturated rings. The van der Waals surface area contributed by atoms with Gasteiger partial charge in [-0.2, -0.15) is 0 Å². The first-order chi connectivity index (χ1) is 8.54. The minimum atomic E-state index is -0.634. The van der Waals surface area contributed by atoms with Gasteiger partial charge >= 0.3 is 5.97 Å². The maximum Gasteiger partial charge on any atom is 0.303 e. The third-order valence-corrected chi connectivity index (χ3v) is 4.66. The summed E-state index contributed by atoms with van der Waals surface area (Å²) < 4.78 is 0. The summed E-state index contributed by atoms with van der Waals surface area (Å²) in [6.07, 6.45) is 3.78. The van der Waals surface area contributed by atoms with Gasteiger partial charge in [0, 0.05) is 38.8 Å². The van der Waals surface area contributed by atoms with Crippen LogP contribution in [0.3, 0.4) is 0 Å². The van der Waals surface area contributed by atoms with Crippen LogP contribution in [0.25, 0.3) is 0 Å². The van der Waals surface area contributed by atoms with Gasteiger partial charge in [-0.15, -0.1) is 0 Å². The van der Waals surface area contributed by atoms with Crippen molar-refractivity contribution in [1.29, 1.82) is 0 Å². The van der Waals surface area contributed by atoms with E-state index in [9.17, 15) is 4.79 Å². The first-order valence-electron chi connectivity index (χ1n) is 7.23. The van der Waals surface area contributed by atoms with E-state index in [1.165, 1.54) is 6.42 Å². The Bertz CT molecular complexity index is 294. The smallest absolute Gasteiger partial charge is 0.303 e. The van der Waals surface area contributed by atoms with Gasteiger partial charge in [0.2, 0.25) is 0 Å². The first-order valence-corrected chi connectivity index (χ1v) is 7.23. The molecule has 0 aromatic heterocycles. The van der Waals surface area contributed by atoms with Crippen LogP contribution in [0.15, 0.2) is 0 Å². The van der Waals surface area contributed by atoms with Gasteiger partial charge in [-0.05, 0) is 31.6 Å². The van der Waals surface area contributed by atoms with Crippen molar-refractivity contribution in [2.75, 3.05) is 32.7 Å². The molecule has 1 aliphatic carbocycles. The summed E-state index contributed by atoms with van der Waals surface area (Å²) in [5, 5.41) is 8.94. The number of hydrogen-bond donors (Lipinski definition) is 1. The molecule has 1 saturated heterocycles. The summed E-state index contributed by atoms with van der Waals surface area (Å²) in [5.74, 6) is -0.634. The molecule has 0 aromatic rings. The van der Waals surface area contributed by atoms with Crippen LogP contribution in [-0.4, -0.2) is 59.6 Å². The van der Waals surface area contributed by atoms with E-state index in [1.807, 2.05) is 0 Å². The number of nitrogens with zero attached hydrogens (tertiary/aromatic N) is 2. The quantitative estimate of drug-likeness (QED) is 0.783. The Labute approximate surface area is 110 Å². The van der Waals surface area contributed by atoms with E-state index in [0.29, 0.717) is 12.5 Å². The lowest BCUT2D eigenvalue weighted by Crippen LogP contribution is -2.50. The molecule has 0 amide bonds. The topological polar surface area (TPSA) is 43.8 Å². The van der Waals surface area contributed by atoms with Gasteiger partial charge < -0.3 is 10.0 Å². The summed E-state index contributed by atoms with van der Waals surface area (Å²) >= 11 is 0. The highest BCUT2D eigenvalue weighted by Crippen LogP contribution is 2.49. The van der Waals surface area contributed by atoms with Crippen LogP contribution in [0, 0.1) is 5.41 Å². The highest BCUT2D eigenvalue weighted by Gasteiger charge is 2.45. The number of hydrogen-bond acceptors (Lipinski definition) is 3. The fraction of sp³-hybridized carbons (Fsp3) is 0.929. The minimum Gasteiger partial charge on any atom is -0.481 e. The lowest BCUT2D eigenvalue weighted by atomic mass is 10.0. The molecule has 1 saturated carbocycles. The van der Waals surface area contributed by atoms with Crippen molar-refractivity contribution in [3.8, 4) is 0 Å². The Hall–Kier alpha value is -0.610. The number of piperazine rings is 1. The summed E-state index contributed by atoms with van der Waals surface area (Å²) in [7, 11) is 0. The molecule has 1 unspecified atom stereocenters. The molecule has 1 atom stereocenters. The highest BCUT2D eigenvalue weighted by molar-refractivity contribution is 5.68. The summed E-state index contributed by atoms with van der Waals surface area (Å²) in [5.41, 5.74) is 0.115. The zero-order valence-corrected chi connectivity index (χ0v) is 11.7. The predicted molar refractivity (Wildman–Crippen MR) is 71.7 cm³/mol. The molecular weight excluding hydrogens is 228 g/mol. The molecular formula is C14H26N2O2. The number of carboxylic acids is 1. The van der Waals surface area contributed by atoms with Crippen LogP contribution in [0.4, 0.5) is 0 Å². The second kappa shape index (κ2) is 5.57. The molecule has 104 valence electrons. The molecule has 2 aliphatic rings. The number of aliphatic carboxylic acids is 1. The van der Waals surface area contributed by atoms with Gasteiger partial charge in [0.05, 0.1) is 6.42 Å². The molecule has 4 nitrogen and oxygen atoms in total. The van der Waals surface area contributed by atoms with Crippen molar-refractivity contribution in [2.24, 2.45) is 5.41 Å². The van der Waals surface area contributed by atoms with E-state index < -0.39 is 5.97 Å². The molecule has 4 heteroatoms. The number of carbonyl (C=O) groups is 1. The Kier molecular flexibility index (Phi) is 4.28. The molecule has 18 heavy (non-hydrogen) atoms. The van der Waals surface area contributed by atoms with Crippen molar-refractivity contribution in [3.63, 3.8) is 0 Å². The van der Waals surface area contributed by atoms with E-state index in [0.717, 1.165) is 45.6 Å². The second-order valence-corrected chi connectivity index (χ2v) is 6.14. The molecule has 2 rings (SSSR count). The summed E-state index contributed by atoms with van der Waals surface area (Å²) in [6.45, 7) is 10.0. The van der Waals surface area contributed by atoms with Gasteiger partial charge in [0.15, 0.2) is 0 Å². The molecule has 1 heterocycles. The molecule has 0 radical (unpaired) electrons. The average Bonchev–Trinajstić information content (AvgIpc) is 3.07. The molecule has 1 N–H and O–H groups in total. The third-order valence-electron chi connectivity index (χ3n) is 4.66. The number of carboxylic acid groups (broad SMARTS) is 1. The summed E-state index contributed by atoms with van der Waals surface area (Å²) in [6, 6.07) is 0.682. The molecule has 0 bridgehead atoms. The van der Waals surface area contributed by atoms with E-state index in [-0.39, 0.29) is 5.41 Å². The molecule has 0 spiro atoms. The van der Waals surface area contributed by atoms with Gasteiger partial charge in [-0.1, -0.05) is 6.92 Å². The van der Waals surface area contributed by atoms with Crippen LogP contribution in [0.2, 0.25) is 0 Å². The van der Waals surface area contributed by atoms with Crippen LogP contribution in [0.5, 0.6) is 0 Å². The third kappa shape index (κ3) is 3.45. The minimum absolute atomic E-state index is 0.115. The second-order valence-electron chi connectivity index (χ2n) is 6.14. The molecule has 0 aromatic carbocycles. The van der Waals surface area contributed by atoms with E-state index in [4.69, 9.17) is 5.11 Å². The van der Waals surface area contributed by atoms with Crippen LogP contribution in [-0.2, 0) is 4.79 Å². The lowest BCUT2D eigenvalue weighted by molar-refractivity contribution is -0.138. The lowest BCUT2D eigenvalue weighted by Gasteiger charge is -2.39. The average molecular weight is 254 g/mol. The maximum atomic E-state index is 10.9. The van der Waals surface area contributed by atoms with Crippen LogP contribution >= 0.6 is 0 Å². The van der Waals surface area contributed by atoms with E-state index >= 15 is 0 Å². The standard InChI is InChI=1S/C14H26N2O2/c1-3-12(2)16-8-6-15(7-9-16)11-14(4-5-14)10-13(17)18/h12H,3-11H2,1-2H3,(H,17,18). The fourth-order valence-corrected chi connectivity index (χ4v) is 2.98. The van der Waals surface area contributed by atoms with Gasteiger partial charge in [0.1, 0.15) is 0 Å². The van der Waals surface area contributed by atoms with Crippen molar-refractivity contribution in [2.45, 2.75) is 45.6 Å². The SMILES string of the molecule is CCC(C)N1CCN(CC2(CC(=O)O)CC2)CC1. The van der Waals surface area contributed by atoms with Crippen molar-refractivity contribution >= 4 is 5.97 Å². The Morgan fingerprint density at radius 2 is 1.89 bits per heavy atom. The fourth-order valence-electron chi connectivity index (χ4n) is 2.98. The van der Waals surface area contributed by atoms with E-state index in [1.54, 1.807) is 0 Å². The Morgan fingerprint density at radius 3 is 2.33 bits per heavy atom. The van der Waals surface area contributed by atoms with E-state index in [2.05, 4.69) is 23.6 Å².